The molecule has 0 bridgehead atoms. The Labute approximate surface area is 121 Å². The van der Waals surface area contributed by atoms with Crippen molar-refractivity contribution < 1.29 is 14.4 Å². The van der Waals surface area contributed by atoms with E-state index in [2.05, 4.69) is 25.4 Å². The third kappa shape index (κ3) is 3.53. The highest BCUT2D eigenvalue weighted by molar-refractivity contribution is 5.85. The summed E-state index contributed by atoms with van der Waals surface area (Å²) < 4.78 is 5.17. The fourth-order valence-electron chi connectivity index (χ4n) is 1.66. The molecule has 0 saturated carbocycles. The van der Waals surface area contributed by atoms with E-state index in [0.717, 1.165) is 0 Å². The van der Waals surface area contributed by atoms with Gasteiger partial charge in [-0.1, -0.05) is 19.0 Å². The molecule has 112 valence electrons. The van der Waals surface area contributed by atoms with Gasteiger partial charge in [0.15, 0.2) is 11.5 Å². The van der Waals surface area contributed by atoms with Gasteiger partial charge in [-0.05, 0) is 19.9 Å². The molecule has 0 fully saturated rings. The van der Waals surface area contributed by atoms with Crippen molar-refractivity contribution in [2.24, 2.45) is 0 Å². The molecular formula is C13H17N5O3. The zero-order valence-corrected chi connectivity index (χ0v) is 12.3. The number of hydrogen-bond acceptors (Lipinski definition) is 7. The van der Waals surface area contributed by atoms with Gasteiger partial charge in [-0.3, -0.25) is 0 Å². The number of rotatable bonds is 5. The van der Waals surface area contributed by atoms with Crippen LogP contribution in [0.15, 0.2) is 10.6 Å². The van der Waals surface area contributed by atoms with Crippen molar-refractivity contribution in [3.8, 4) is 0 Å². The van der Waals surface area contributed by atoms with Crippen molar-refractivity contribution in [3.05, 3.63) is 29.2 Å². The Balaban J connectivity index is 2.18. The van der Waals surface area contributed by atoms with E-state index in [1.165, 1.54) is 6.07 Å². The average molecular weight is 291 g/mol. The number of nitrogens with zero attached hydrogens (tertiary/aromatic N) is 4. The van der Waals surface area contributed by atoms with Gasteiger partial charge in [0.1, 0.15) is 6.04 Å². The zero-order chi connectivity index (χ0) is 15.6. The van der Waals surface area contributed by atoms with Gasteiger partial charge in [0, 0.05) is 11.6 Å². The summed E-state index contributed by atoms with van der Waals surface area (Å²) in [6, 6.07) is 1.08. The number of hydrogen-bond donors (Lipinski definition) is 2. The molecule has 8 nitrogen and oxygen atoms in total. The van der Waals surface area contributed by atoms with Gasteiger partial charge in [-0.25, -0.2) is 14.8 Å². The van der Waals surface area contributed by atoms with E-state index in [9.17, 15) is 4.79 Å². The van der Waals surface area contributed by atoms with Gasteiger partial charge in [0.05, 0.1) is 0 Å². The first-order valence-corrected chi connectivity index (χ1v) is 6.56. The Morgan fingerprint density at radius 1 is 1.29 bits per heavy atom. The van der Waals surface area contributed by atoms with Crippen molar-refractivity contribution in [2.45, 2.75) is 39.7 Å². The largest absolute Gasteiger partial charge is 0.477 e. The van der Waals surface area contributed by atoms with Gasteiger partial charge in [0.25, 0.3) is 0 Å². The molecule has 0 aliphatic carbocycles. The Hall–Kier alpha value is -2.51. The number of carboxylic acids is 1. The summed E-state index contributed by atoms with van der Waals surface area (Å²) in [5, 5.41) is 15.8. The number of carbonyl (C=O) groups is 1. The van der Waals surface area contributed by atoms with Crippen LogP contribution in [0.2, 0.25) is 0 Å². The van der Waals surface area contributed by atoms with E-state index in [4.69, 9.17) is 9.63 Å². The van der Waals surface area contributed by atoms with E-state index in [0.29, 0.717) is 17.4 Å². The number of anilines is 1. The van der Waals surface area contributed by atoms with Crippen LogP contribution >= 0.6 is 0 Å². The van der Waals surface area contributed by atoms with Crippen LogP contribution in [0.25, 0.3) is 0 Å². The quantitative estimate of drug-likeness (QED) is 0.861. The van der Waals surface area contributed by atoms with Gasteiger partial charge >= 0.3 is 5.97 Å². The minimum Gasteiger partial charge on any atom is -0.477 e. The molecule has 0 radical (unpaired) electrons. The van der Waals surface area contributed by atoms with E-state index in [1.807, 2.05) is 20.8 Å². The van der Waals surface area contributed by atoms with E-state index < -0.39 is 5.97 Å². The summed E-state index contributed by atoms with van der Waals surface area (Å²) in [4.78, 5) is 23.3. The third-order valence-electron chi connectivity index (χ3n) is 2.76. The summed E-state index contributed by atoms with van der Waals surface area (Å²) >= 11 is 0. The molecule has 2 rings (SSSR count). The molecule has 0 aliphatic heterocycles. The first kappa shape index (κ1) is 14.9. The number of aryl methyl sites for hydroxylation is 1. The van der Waals surface area contributed by atoms with Crippen LogP contribution in [0, 0.1) is 6.92 Å². The lowest BCUT2D eigenvalue weighted by Gasteiger charge is -2.10. The van der Waals surface area contributed by atoms with Crippen LogP contribution in [-0.4, -0.2) is 31.2 Å². The van der Waals surface area contributed by atoms with Crippen LogP contribution < -0.4 is 5.32 Å². The number of aromatic carboxylic acids is 1. The Morgan fingerprint density at radius 3 is 2.57 bits per heavy atom. The Morgan fingerprint density at radius 2 is 2.00 bits per heavy atom. The highest BCUT2D eigenvalue weighted by Gasteiger charge is 2.17. The topological polar surface area (TPSA) is 114 Å². The molecule has 21 heavy (non-hydrogen) atoms. The monoisotopic (exact) mass is 291 g/mol. The molecule has 0 amide bonds. The van der Waals surface area contributed by atoms with Crippen molar-refractivity contribution in [1.82, 2.24) is 20.1 Å². The van der Waals surface area contributed by atoms with Gasteiger partial charge < -0.3 is 14.9 Å². The molecule has 1 atom stereocenters. The molecule has 2 aromatic heterocycles. The van der Waals surface area contributed by atoms with Crippen LogP contribution in [-0.2, 0) is 0 Å². The van der Waals surface area contributed by atoms with Crippen LogP contribution in [0.3, 0.4) is 0 Å². The minimum atomic E-state index is -1.10. The fourth-order valence-corrected chi connectivity index (χ4v) is 1.66. The highest BCUT2D eigenvalue weighted by atomic mass is 16.5. The van der Waals surface area contributed by atoms with E-state index >= 15 is 0 Å². The van der Waals surface area contributed by atoms with Crippen molar-refractivity contribution in [3.63, 3.8) is 0 Å². The Bertz CT molecular complexity index is 653. The van der Waals surface area contributed by atoms with Gasteiger partial charge in [-0.2, -0.15) is 4.98 Å². The fraction of sp³-hybridized carbons (Fsp3) is 0.462. The predicted molar refractivity (Wildman–Crippen MR) is 74.2 cm³/mol. The first-order valence-electron chi connectivity index (χ1n) is 6.56. The number of nitrogens with one attached hydrogen (secondary N) is 1. The van der Waals surface area contributed by atoms with Crippen molar-refractivity contribution >= 4 is 11.9 Å². The molecule has 0 aromatic carbocycles. The van der Waals surface area contributed by atoms with Gasteiger partial charge in [-0.15, -0.1) is 0 Å². The third-order valence-corrected chi connectivity index (χ3v) is 2.76. The van der Waals surface area contributed by atoms with E-state index in [1.54, 1.807) is 6.92 Å². The second kappa shape index (κ2) is 5.86. The molecule has 2 N–H and O–H groups in total. The SMILES string of the molecule is Cc1cc(C(=O)O)nc(NC(C)c2nc(C(C)C)no2)n1. The zero-order valence-electron chi connectivity index (χ0n) is 12.3. The summed E-state index contributed by atoms with van der Waals surface area (Å²) in [5.74, 6) is 0.305. The number of aromatic nitrogens is 4. The maximum atomic E-state index is 11.0. The lowest BCUT2D eigenvalue weighted by atomic mass is 10.2. The van der Waals surface area contributed by atoms with Crippen molar-refractivity contribution in [2.75, 3.05) is 5.32 Å². The van der Waals surface area contributed by atoms with Crippen LogP contribution in [0.5, 0.6) is 0 Å². The lowest BCUT2D eigenvalue weighted by molar-refractivity contribution is 0.0690. The summed E-state index contributed by atoms with van der Waals surface area (Å²) in [6.07, 6.45) is 0. The second-order valence-electron chi connectivity index (χ2n) is 5.03. The molecule has 1 unspecified atom stereocenters. The maximum Gasteiger partial charge on any atom is 0.354 e. The molecule has 2 heterocycles. The highest BCUT2D eigenvalue weighted by Crippen LogP contribution is 2.18. The summed E-state index contributed by atoms with van der Waals surface area (Å²) in [5.41, 5.74) is 0.496. The molecule has 8 heteroatoms. The molecule has 0 saturated heterocycles. The normalized spacial score (nSPS) is 12.4. The maximum absolute atomic E-state index is 11.0. The first-order chi connectivity index (χ1) is 9.86. The standard InChI is InChI=1S/C13H17N5O3/c1-6(2)10-17-11(21-18-10)8(4)15-13-14-7(3)5-9(16-13)12(19)20/h5-6,8H,1-4H3,(H,19,20)(H,14,15,16). The lowest BCUT2D eigenvalue weighted by Crippen LogP contribution is -2.13. The number of carboxylic acid groups (broad SMARTS) is 1. The van der Waals surface area contributed by atoms with Crippen molar-refractivity contribution in [1.29, 1.82) is 0 Å². The average Bonchev–Trinajstić information content (AvgIpc) is 2.87. The summed E-state index contributed by atoms with van der Waals surface area (Å²) in [6.45, 7) is 7.45. The van der Waals surface area contributed by atoms with Crippen LogP contribution in [0.4, 0.5) is 5.95 Å². The molecule has 2 aromatic rings. The van der Waals surface area contributed by atoms with Crippen LogP contribution in [0.1, 0.15) is 60.6 Å². The minimum absolute atomic E-state index is 0.0643. The molecule has 0 aliphatic rings. The smallest absolute Gasteiger partial charge is 0.354 e. The molecule has 0 spiro atoms. The van der Waals surface area contributed by atoms with Gasteiger partial charge in [0.2, 0.25) is 11.8 Å². The Kier molecular flexibility index (Phi) is 4.15. The molecular weight excluding hydrogens is 274 g/mol. The summed E-state index contributed by atoms with van der Waals surface area (Å²) in [7, 11) is 0. The van der Waals surface area contributed by atoms with E-state index in [-0.39, 0.29) is 23.6 Å². The second-order valence-corrected chi connectivity index (χ2v) is 5.03. The predicted octanol–water partition coefficient (Wildman–Crippen LogP) is 2.16.